The van der Waals surface area contributed by atoms with Crippen LogP contribution in [-0.2, 0) is 13.0 Å². The number of halogens is 2. The molecule has 0 radical (unpaired) electrons. The van der Waals surface area contributed by atoms with Crippen LogP contribution < -0.4 is 5.32 Å². The second kappa shape index (κ2) is 6.24. The van der Waals surface area contributed by atoms with E-state index in [0.717, 1.165) is 34.8 Å². The van der Waals surface area contributed by atoms with Gasteiger partial charge < -0.3 is 9.73 Å². The Kier molecular flexibility index (Phi) is 4.66. The number of rotatable bonds is 5. The van der Waals surface area contributed by atoms with Crippen molar-refractivity contribution in [3.63, 3.8) is 0 Å². The van der Waals surface area contributed by atoms with E-state index in [1.165, 1.54) is 5.56 Å². The number of furan rings is 1. The van der Waals surface area contributed by atoms with Crippen molar-refractivity contribution in [2.75, 3.05) is 6.54 Å². The van der Waals surface area contributed by atoms with Gasteiger partial charge in [-0.05, 0) is 45.8 Å². The fraction of sp³-hybridized carbons (Fsp3) is 0.231. The molecule has 0 aliphatic rings. The normalized spacial score (nSPS) is 10.7. The maximum absolute atomic E-state index is 5.93. The topological polar surface area (TPSA) is 25.2 Å². The van der Waals surface area contributed by atoms with Gasteiger partial charge in [-0.2, -0.15) is 0 Å². The van der Waals surface area contributed by atoms with Crippen molar-refractivity contribution in [1.82, 2.24) is 5.32 Å². The van der Waals surface area contributed by atoms with Crippen LogP contribution in [0.4, 0.5) is 0 Å². The molecule has 0 spiro atoms. The first-order valence-electron chi connectivity index (χ1n) is 5.43. The minimum Gasteiger partial charge on any atom is -0.469 e. The summed E-state index contributed by atoms with van der Waals surface area (Å²) in [6.07, 6.45) is 2.60. The molecule has 1 aromatic carbocycles. The first kappa shape index (κ1) is 12.7. The Bertz CT molecular complexity index is 470. The highest BCUT2D eigenvalue weighted by Gasteiger charge is 1.99. The molecule has 2 aromatic rings. The van der Waals surface area contributed by atoms with E-state index in [1.54, 1.807) is 6.26 Å². The van der Waals surface area contributed by atoms with Crippen LogP contribution in [0.1, 0.15) is 11.3 Å². The van der Waals surface area contributed by atoms with E-state index in [-0.39, 0.29) is 0 Å². The van der Waals surface area contributed by atoms with Crippen molar-refractivity contribution in [2.45, 2.75) is 13.0 Å². The van der Waals surface area contributed by atoms with Gasteiger partial charge in [0.25, 0.3) is 0 Å². The van der Waals surface area contributed by atoms with Crippen LogP contribution in [0.2, 0.25) is 5.02 Å². The molecule has 2 rings (SSSR count). The Morgan fingerprint density at radius 2 is 2.18 bits per heavy atom. The summed E-state index contributed by atoms with van der Waals surface area (Å²) in [6, 6.07) is 9.84. The second-order valence-corrected chi connectivity index (χ2v) is 5.02. The Morgan fingerprint density at radius 1 is 1.29 bits per heavy atom. The minimum absolute atomic E-state index is 0.740. The van der Waals surface area contributed by atoms with Gasteiger partial charge in [-0.1, -0.05) is 17.7 Å². The first-order valence-corrected chi connectivity index (χ1v) is 6.60. The van der Waals surface area contributed by atoms with Gasteiger partial charge in [0.2, 0.25) is 0 Å². The zero-order valence-electron chi connectivity index (χ0n) is 9.25. The minimum atomic E-state index is 0.740. The van der Waals surface area contributed by atoms with Gasteiger partial charge in [-0.3, -0.25) is 0 Å². The standard InChI is InChI=1S/C13H13BrClNO/c14-12-8-10(3-4-13(12)15)9-16-6-5-11-2-1-7-17-11/h1-4,7-8,16H,5-6,9H2. The zero-order chi connectivity index (χ0) is 12.1. The quantitative estimate of drug-likeness (QED) is 0.843. The summed E-state index contributed by atoms with van der Waals surface area (Å²) in [5.74, 6) is 1.01. The Hall–Kier alpha value is -0.770. The summed E-state index contributed by atoms with van der Waals surface area (Å²) < 4.78 is 6.19. The summed E-state index contributed by atoms with van der Waals surface area (Å²) in [5.41, 5.74) is 1.21. The van der Waals surface area contributed by atoms with E-state index in [4.69, 9.17) is 16.0 Å². The number of nitrogens with one attached hydrogen (secondary N) is 1. The molecule has 90 valence electrons. The number of hydrogen-bond donors (Lipinski definition) is 1. The molecule has 0 aliphatic carbocycles. The lowest BCUT2D eigenvalue weighted by Gasteiger charge is -2.05. The van der Waals surface area contributed by atoms with E-state index in [1.807, 2.05) is 30.3 Å². The van der Waals surface area contributed by atoms with E-state index in [2.05, 4.69) is 21.2 Å². The summed E-state index contributed by atoms with van der Waals surface area (Å²) >= 11 is 9.34. The van der Waals surface area contributed by atoms with Gasteiger partial charge in [0.05, 0.1) is 11.3 Å². The van der Waals surface area contributed by atoms with Crippen molar-refractivity contribution >= 4 is 27.5 Å². The maximum Gasteiger partial charge on any atom is 0.105 e. The van der Waals surface area contributed by atoms with Gasteiger partial charge in [0.15, 0.2) is 0 Å². The van der Waals surface area contributed by atoms with E-state index < -0.39 is 0 Å². The Labute approximate surface area is 114 Å². The third-order valence-corrected chi connectivity index (χ3v) is 3.66. The lowest BCUT2D eigenvalue weighted by Crippen LogP contribution is -2.16. The van der Waals surface area contributed by atoms with Gasteiger partial charge in [-0.15, -0.1) is 0 Å². The monoisotopic (exact) mass is 313 g/mol. The van der Waals surface area contributed by atoms with Crippen LogP contribution >= 0.6 is 27.5 Å². The molecule has 2 nitrogen and oxygen atoms in total. The average molecular weight is 315 g/mol. The van der Waals surface area contributed by atoms with Crippen molar-refractivity contribution in [2.24, 2.45) is 0 Å². The van der Waals surface area contributed by atoms with Gasteiger partial charge in [-0.25, -0.2) is 0 Å². The molecule has 1 heterocycles. The Balaban J connectivity index is 1.76. The number of hydrogen-bond acceptors (Lipinski definition) is 2. The summed E-state index contributed by atoms with van der Waals surface area (Å²) in [7, 11) is 0. The van der Waals surface area contributed by atoms with Crippen molar-refractivity contribution in [3.05, 3.63) is 57.4 Å². The van der Waals surface area contributed by atoms with E-state index in [0.29, 0.717) is 0 Å². The SMILES string of the molecule is Clc1ccc(CNCCc2ccco2)cc1Br. The maximum atomic E-state index is 5.93. The lowest BCUT2D eigenvalue weighted by molar-refractivity contribution is 0.499. The van der Waals surface area contributed by atoms with Gasteiger partial charge >= 0.3 is 0 Å². The Morgan fingerprint density at radius 3 is 2.88 bits per heavy atom. The molecule has 0 atom stereocenters. The molecule has 0 saturated carbocycles. The van der Waals surface area contributed by atoms with E-state index in [9.17, 15) is 0 Å². The van der Waals surface area contributed by atoms with Crippen LogP contribution in [0.3, 0.4) is 0 Å². The molecule has 1 N–H and O–H groups in total. The average Bonchev–Trinajstić information content (AvgIpc) is 2.82. The molecule has 1 aromatic heterocycles. The summed E-state index contributed by atoms with van der Waals surface area (Å²) in [5, 5.41) is 4.10. The third kappa shape index (κ3) is 3.87. The molecule has 0 unspecified atom stereocenters. The van der Waals surface area contributed by atoms with E-state index >= 15 is 0 Å². The largest absolute Gasteiger partial charge is 0.469 e. The molecule has 4 heteroatoms. The second-order valence-electron chi connectivity index (χ2n) is 3.75. The highest BCUT2D eigenvalue weighted by Crippen LogP contribution is 2.23. The van der Waals surface area contributed by atoms with Crippen LogP contribution in [0.25, 0.3) is 0 Å². The fourth-order valence-corrected chi connectivity index (χ4v) is 2.09. The van der Waals surface area contributed by atoms with Gasteiger partial charge in [0.1, 0.15) is 5.76 Å². The number of benzene rings is 1. The third-order valence-electron chi connectivity index (χ3n) is 2.44. The fourth-order valence-electron chi connectivity index (χ4n) is 1.55. The first-order chi connectivity index (χ1) is 8.25. The van der Waals surface area contributed by atoms with Crippen molar-refractivity contribution in [1.29, 1.82) is 0 Å². The van der Waals surface area contributed by atoms with Crippen LogP contribution in [0.5, 0.6) is 0 Å². The van der Waals surface area contributed by atoms with Crippen LogP contribution in [-0.4, -0.2) is 6.54 Å². The van der Waals surface area contributed by atoms with Crippen LogP contribution in [0, 0.1) is 0 Å². The molecule has 0 amide bonds. The highest BCUT2D eigenvalue weighted by molar-refractivity contribution is 9.10. The molecular formula is C13H13BrClNO. The molecule has 0 fully saturated rings. The molecule has 0 saturated heterocycles. The summed E-state index contributed by atoms with van der Waals surface area (Å²) in [6.45, 7) is 1.73. The lowest BCUT2D eigenvalue weighted by atomic mass is 10.2. The van der Waals surface area contributed by atoms with Gasteiger partial charge in [0, 0.05) is 24.0 Å². The predicted octanol–water partition coefficient (Wildman–Crippen LogP) is 4.03. The van der Waals surface area contributed by atoms with Crippen molar-refractivity contribution in [3.8, 4) is 0 Å². The predicted molar refractivity (Wildman–Crippen MR) is 73.3 cm³/mol. The molecule has 0 aliphatic heterocycles. The summed E-state index contributed by atoms with van der Waals surface area (Å²) in [4.78, 5) is 0. The van der Waals surface area contributed by atoms with Crippen LogP contribution in [0.15, 0.2) is 45.5 Å². The molecule has 0 bridgehead atoms. The van der Waals surface area contributed by atoms with Crippen molar-refractivity contribution < 1.29 is 4.42 Å². The smallest absolute Gasteiger partial charge is 0.105 e. The molecular weight excluding hydrogens is 302 g/mol. The molecule has 17 heavy (non-hydrogen) atoms. The highest BCUT2D eigenvalue weighted by atomic mass is 79.9. The zero-order valence-corrected chi connectivity index (χ0v) is 11.6.